The molecule has 0 bridgehead atoms. The van der Waals surface area contributed by atoms with Gasteiger partial charge in [0.05, 0.1) is 0 Å². The van der Waals surface area contributed by atoms with Crippen molar-refractivity contribution >= 4 is 17.5 Å². The van der Waals surface area contributed by atoms with Crippen LogP contribution < -0.4 is 5.32 Å². The maximum absolute atomic E-state index is 12.0. The molecule has 1 saturated carbocycles. The SMILES string of the molecule is O=C(NCC1(CCl)CCCCC1)c1cccc(O)c1. The van der Waals surface area contributed by atoms with Crippen LogP contribution in [0.5, 0.6) is 5.75 Å². The highest BCUT2D eigenvalue weighted by atomic mass is 35.5. The molecule has 0 radical (unpaired) electrons. The molecule has 1 aromatic rings. The number of hydrogen-bond donors (Lipinski definition) is 2. The summed E-state index contributed by atoms with van der Waals surface area (Å²) in [7, 11) is 0. The van der Waals surface area contributed by atoms with Gasteiger partial charge in [0.1, 0.15) is 5.75 Å². The van der Waals surface area contributed by atoms with E-state index >= 15 is 0 Å². The molecule has 4 heteroatoms. The number of carbonyl (C=O) groups is 1. The summed E-state index contributed by atoms with van der Waals surface area (Å²) in [5.74, 6) is 0.552. The molecule has 0 unspecified atom stereocenters. The summed E-state index contributed by atoms with van der Waals surface area (Å²) >= 11 is 6.10. The molecule has 104 valence electrons. The lowest BCUT2D eigenvalue weighted by Gasteiger charge is -2.35. The van der Waals surface area contributed by atoms with Crippen LogP contribution in [0.3, 0.4) is 0 Å². The minimum atomic E-state index is -0.147. The molecule has 3 nitrogen and oxygen atoms in total. The van der Waals surface area contributed by atoms with Crippen molar-refractivity contribution in [3.63, 3.8) is 0 Å². The third-order valence-corrected chi connectivity index (χ3v) is 4.50. The molecule has 0 saturated heterocycles. The van der Waals surface area contributed by atoms with Crippen molar-refractivity contribution in [1.29, 1.82) is 0 Å². The van der Waals surface area contributed by atoms with Gasteiger partial charge in [-0.2, -0.15) is 0 Å². The van der Waals surface area contributed by atoms with E-state index in [1.165, 1.54) is 25.3 Å². The molecular weight excluding hydrogens is 262 g/mol. The van der Waals surface area contributed by atoms with E-state index < -0.39 is 0 Å². The van der Waals surface area contributed by atoms with Crippen LogP contribution in [0.1, 0.15) is 42.5 Å². The lowest BCUT2D eigenvalue weighted by molar-refractivity contribution is 0.0920. The van der Waals surface area contributed by atoms with E-state index in [4.69, 9.17) is 11.6 Å². The molecule has 1 amide bonds. The summed E-state index contributed by atoms with van der Waals surface area (Å²) in [6, 6.07) is 6.40. The second-order valence-corrected chi connectivity index (χ2v) is 5.69. The van der Waals surface area contributed by atoms with Gasteiger partial charge in [-0.15, -0.1) is 11.6 Å². The number of alkyl halides is 1. The van der Waals surface area contributed by atoms with E-state index in [2.05, 4.69) is 5.32 Å². The summed E-state index contributed by atoms with van der Waals surface area (Å²) in [6.07, 6.45) is 5.80. The molecule has 1 aromatic carbocycles. The van der Waals surface area contributed by atoms with Crippen molar-refractivity contribution in [3.05, 3.63) is 29.8 Å². The highest BCUT2D eigenvalue weighted by molar-refractivity contribution is 6.18. The Balaban J connectivity index is 1.95. The molecule has 1 fully saturated rings. The molecule has 0 atom stereocenters. The van der Waals surface area contributed by atoms with E-state index in [-0.39, 0.29) is 17.1 Å². The zero-order valence-corrected chi connectivity index (χ0v) is 11.7. The summed E-state index contributed by atoms with van der Waals surface area (Å²) in [6.45, 7) is 0.616. The van der Waals surface area contributed by atoms with Gasteiger partial charge in [0, 0.05) is 23.4 Å². The number of phenolic OH excluding ortho intramolecular Hbond substituents is 1. The molecular formula is C15H20ClNO2. The molecule has 2 rings (SSSR count). The van der Waals surface area contributed by atoms with Gasteiger partial charge in [-0.3, -0.25) is 4.79 Å². The zero-order valence-electron chi connectivity index (χ0n) is 11.0. The van der Waals surface area contributed by atoms with Crippen LogP contribution >= 0.6 is 11.6 Å². The van der Waals surface area contributed by atoms with Gasteiger partial charge in [0.2, 0.25) is 0 Å². The fourth-order valence-corrected chi connectivity index (χ4v) is 3.04. The Morgan fingerprint density at radius 1 is 1.32 bits per heavy atom. The number of rotatable bonds is 4. The lowest BCUT2D eigenvalue weighted by atomic mass is 9.75. The fraction of sp³-hybridized carbons (Fsp3) is 0.533. The van der Waals surface area contributed by atoms with Gasteiger partial charge < -0.3 is 10.4 Å². The van der Waals surface area contributed by atoms with Crippen LogP contribution in [0.15, 0.2) is 24.3 Å². The van der Waals surface area contributed by atoms with Gasteiger partial charge in [0.25, 0.3) is 5.91 Å². The molecule has 0 heterocycles. The monoisotopic (exact) mass is 281 g/mol. The second kappa shape index (κ2) is 6.29. The lowest BCUT2D eigenvalue weighted by Crippen LogP contribution is -2.40. The maximum atomic E-state index is 12.0. The number of carbonyl (C=O) groups excluding carboxylic acids is 1. The number of benzene rings is 1. The number of amides is 1. The van der Waals surface area contributed by atoms with Crippen LogP contribution in [0, 0.1) is 5.41 Å². The summed E-state index contributed by atoms with van der Waals surface area (Å²) in [5.41, 5.74) is 0.535. The number of nitrogens with one attached hydrogen (secondary N) is 1. The zero-order chi connectivity index (χ0) is 13.7. The number of halogens is 1. The molecule has 2 N–H and O–H groups in total. The first kappa shape index (κ1) is 14.2. The number of aromatic hydroxyl groups is 1. The van der Waals surface area contributed by atoms with Crippen molar-refractivity contribution in [2.45, 2.75) is 32.1 Å². The van der Waals surface area contributed by atoms with E-state index in [0.717, 1.165) is 12.8 Å². The summed E-state index contributed by atoms with van der Waals surface area (Å²) in [4.78, 5) is 12.0. The smallest absolute Gasteiger partial charge is 0.251 e. The minimum absolute atomic E-state index is 0.0479. The first-order chi connectivity index (χ1) is 9.15. The fourth-order valence-electron chi connectivity index (χ4n) is 2.68. The van der Waals surface area contributed by atoms with Crippen LogP contribution in [-0.4, -0.2) is 23.4 Å². The molecule has 19 heavy (non-hydrogen) atoms. The summed E-state index contributed by atoms with van der Waals surface area (Å²) in [5, 5.41) is 12.3. The highest BCUT2D eigenvalue weighted by Gasteiger charge is 2.31. The summed E-state index contributed by atoms with van der Waals surface area (Å²) < 4.78 is 0. The van der Waals surface area contributed by atoms with E-state index in [9.17, 15) is 9.90 Å². The molecule has 0 aromatic heterocycles. The minimum Gasteiger partial charge on any atom is -0.508 e. The topological polar surface area (TPSA) is 49.3 Å². The van der Waals surface area contributed by atoms with Crippen molar-refractivity contribution in [3.8, 4) is 5.75 Å². The Kier molecular flexibility index (Phi) is 4.70. The standard InChI is InChI=1S/C15H20ClNO2/c16-10-15(7-2-1-3-8-15)11-17-14(19)12-5-4-6-13(18)9-12/h4-6,9,18H,1-3,7-8,10-11H2,(H,17,19). The Morgan fingerprint density at radius 3 is 2.68 bits per heavy atom. The molecule has 1 aliphatic carbocycles. The van der Waals surface area contributed by atoms with Gasteiger partial charge in [-0.05, 0) is 31.0 Å². The van der Waals surface area contributed by atoms with Crippen LogP contribution in [0.2, 0.25) is 0 Å². The average Bonchev–Trinajstić information content (AvgIpc) is 2.46. The molecule has 0 aliphatic heterocycles. The molecule has 1 aliphatic rings. The van der Waals surface area contributed by atoms with Crippen molar-refractivity contribution in [1.82, 2.24) is 5.32 Å². The van der Waals surface area contributed by atoms with Crippen molar-refractivity contribution < 1.29 is 9.90 Å². The van der Waals surface area contributed by atoms with Crippen molar-refractivity contribution in [2.75, 3.05) is 12.4 Å². The first-order valence-corrected chi connectivity index (χ1v) is 7.32. The predicted octanol–water partition coefficient (Wildman–Crippen LogP) is 3.31. The van der Waals surface area contributed by atoms with Gasteiger partial charge in [-0.25, -0.2) is 0 Å². The quantitative estimate of drug-likeness (QED) is 0.832. The van der Waals surface area contributed by atoms with E-state index in [1.54, 1.807) is 18.2 Å². The highest BCUT2D eigenvalue weighted by Crippen LogP contribution is 2.36. The van der Waals surface area contributed by atoms with E-state index in [0.29, 0.717) is 18.0 Å². The van der Waals surface area contributed by atoms with E-state index in [1.807, 2.05) is 0 Å². The predicted molar refractivity (Wildman–Crippen MR) is 76.7 cm³/mol. The maximum Gasteiger partial charge on any atom is 0.251 e. The average molecular weight is 282 g/mol. The molecule has 0 spiro atoms. The second-order valence-electron chi connectivity index (χ2n) is 5.43. The Morgan fingerprint density at radius 2 is 2.05 bits per heavy atom. The third kappa shape index (κ3) is 3.63. The Bertz CT molecular complexity index is 442. The van der Waals surface area contributed by atoms with Crippen LogP contribution in [-0.2, 0) is 0 Å². The number of hydrogen-bond acceptors (Lipinski definition) is 2. The van der Waals surface area contributed by atoms with Gasteiger partial charge in [0.15, 0.2) is 0 Å². The normalized spacial score (nSPS) is 17.9. The van der Waals surface area contributed by atoms with Crippen LogP contribution in [0.4, 0.5) is 0 Å². The van der Waals surface area contributed by atoms with Gasteiger partial charge >= 0.3 is 0 Å². The first-order valence-electron chi connectivity index (χ1n) is 6.78. The number of phenols is 1. The van der Waals surface area contributed by atoms with Crippen molar-refractivity contribution in [2.24, 2.45) is 5.41 Å². The van der Waals surface area contributed by atoms with Crippen LogP contribution in [0.25, 0.3) is 0 Å². The Labute approximate surface area is 119 Å². The Hall–Kier alpha value is -1.22. The third-order valence-electron chi connectivity index (χ3n) is 3.93. The van der Waals surface area contributed by atoms with Gasteiger partial charge in [-0.1, -0.05) is 25.3 Å². The largest absolute Gasteiger partial charge is 0.508 e.